The summed E-state index contributed by atoms with van der Waals surface area (Å²) in [7, 11) is 1.88. The van der Waals surface area contributed by atoms with E-state index in [2.05, 4.69) is 42.0 Å². The number of rotatable bonds is 5. The summed E-state index contributed by atoms with van der Waals surface area (Å²) in [5, 5.41) is 4.30. The molecule has 3 rings (SSSR count). The van der Waals surface area contributed by atoms with Crippen molar-refractivity contribution in [2.75, 3.05) is 23.8 Å². The minimum absolute atomic E-state index is 0.637. The van der Waals surface area contributed by atoms with E-state index >= 15 is 0 Å². The molecule has 1 aliphatic carbocycles. The lowest BCUT2D eigenvalue weighted by Gasteiger charge is -2.26. The minimum Gasteiger partial charge on any atom is -0.357 e. The van der Waals surface area contributed by atoms with Crippen LogP contribution in [-0.4, -0.2) is 29.6 Å². The predicted molar refractivity (Wildman–Crippen MR) is 86.9 cm³/mol. The van der Waals surface area contributed by atoms with Crippen molar-refractivity contribution in [1.29, 1.82) is 0 Å². The van der Waals surface area contributed by atoms with Crippen LogP contribution >= 0.6 is 11.3 Å². The number of aryl methyl sites for hydroxylation is 1. The zero-order valence-corrected chi connectivity index (χ0v) is 13.4. The fourth-order valence-corrected chi connectivity index (χ4v) is 3.42. The summed E-state index contributed by atoms with van der Waals surface area (Å²) in [6, 6.07) is 2.89. The molecule has 1 saturated carbocycles. The second-order valence-corrected chi connectivity index (χ2v) is 7.21. The second kappa shape index (κ2) is 5.20. The summed E-state index contributed by atoms with van der Waals surface area (Å²) in [6.45, 7) is 7.74. The first kappa shape index (κ1) is 13.6. The van der Waals surface area contributed by atoms with Crippen molar-refractivity contribution < 1.29 is 0 Å². The maximum Gasteiger partial charge on any atom is 0.225 e. The summed E-state index contributed by atoms with van der Waals surface area (Å²) in [4.78, 5) is 14.2. The van der Waals surface area contributed by atoms with Crippen molar-refractivity contribution in [3.8, 4) is 0 Å². The summed E-state index contributed by atoms with van der Waals surface area (Å²) in [6.07, 6.45) is 2.58. The number of thiophene rings is 1. The van der Waals surface area contributed by atoms with Crippen LogP contribution in [0.4, 0.5) is 11.8 Å². The van der Waals surface area contributed by atoms with Crippen molar-refractivity contribution >= 4 is 33.3 Å². The Hall–Kier alpha value is -1.36. The van der Waals surface area contributed by atoms with Crippen molar-refractivity contribution in [2.45, 2.75) is 39.7 Å². The van der Waals surface area contributed by atoms with Crippen molar-refractivity contribution in [3.05, 3.63) is 10.9 Å². The molecule has 4 nitrogen and oxygen atoms in total. The number of aromatic nitrogens is 2. The van der Waals surface area contributed by atoms with Crippen LogP contribution in [0.3, 0.4) is 0 Å². The SMILES string of the molecule is CNc1nc(N(CC(C)C)C2CC2)c2cc(C)sc2n1. The van der Waals surface area contributed by atoms with Crippen LogP contribution in [0.15, 0.2) is 6.07 Å². The maximum atomic E-state index is 4.76. The summed E-state index contributed by atoms with van der Waals surface area (Å²) < 4.78 is 0. The molecule has 2 aromatic rings. The number of fused-ring (bicyclic) bond motifs is 1. The molecule has 2 aromatic heterocycles. The molecule has 0 aromatic carbocycles. The van der Waals surface area contributed by atoms with Gasteiger partial charge in [0.25, 0.3) is 0 Å². The van der Waals surface area contributed by atoms with Gasteiger partial charge in [0.2, 0.25) is 5.95 Å². The number of nitrogens with one attached hydrogen (secondary N) is 1. The maximum absolute atomic E-state index is 4.76. The van der Waals surface area contributed by atoms with E-state index in [9.17, 15) is 0 Å². The Bertz CT molecular complexity index is 616. The van der Waals surface area contributed by atoms with Crippen molar-refractivity contribution in [3.63, 3.8) is 0 Å². The van der Waals surface area contributed by atoms with E-state index < -0.39 is 0 Å². The lowest BCUT2D eigenvalue weighted by molar-refractivity contribution is 0.604. The summed E-state index contributed by atoms with van der Waals surface area (Å²) in [5.41, 5.74) is 0. The largest absolute Gasteiger partial charge is 0.357 e. The average Bonchev–Trinajstić information content (AvgIpc) is 3.16. The molecule has 1 aliphatic rings. The molecule has 1 N–H and O–H groups in total. The van der Waals surface area contributed by atoms with Gasteiger partial charge in [-0.15, -0.1) is 11.3 Å². The van der Waals surface area contributed by atoms with Gasteiger partial charge in [-0.2, -0.15) is 4.98 Å². The van der Waals surface area contributed by atoms with Crippen LogP contribution in [0.2, 0.25) is 0 Å². The second-order valence-electron chi connectivity index (χ2n) is 5.97. The Labute approximate surface area is 124 Å². The Morgan fingerprint density at radius 1 is 1.40 bits per heavy atom. The minimum atomic E-state index is 0.637. The molecular formula is C15H22N4S. The molecule has 0 amide bonds. The van der Waals surface area contributed by atoms with Gasteiger partial charge in [0, 0.05) is 24.5 Å². The van der Waals surface area contributed by atoms with E-state index in [1.165, 1.54) is 23.1 Å². The predicted octanol–water partition coefficient (Wildman–Crippen LogP) is 3.67. The highest BCUT2D eigenvalue weighted by atomic mass is 32.1. The van der Waals surface area contributed by atoms with Crippen LogP contribution in [0.1, 0.15) is 31.6 Å². The molecular weight excluding hydrogens is 268 g/mol. The third-order valence-electron chi connectivity index (χ3n) is 3.54. The Balaban J connectivity index is 2.11. The normalized spacial score (nSPS) is 15.1. The average molecular weight is 290 g/mol. The topological polar surface area (TPSA) is 41.1 Å². The van der Waals surface area contributed by atoms with Gasteiger partial charge >= 0.3 is 0 Å². The first-order valence-electron chi connectivity index (χ1n) is 7.31. The molecule has 108 valence electrons. The third kappa shape index (κ3) is 2.59. The van der Waals surface area contributed by atoms with Crippen molar-refractivity contribution in [2.24, 2.45) is 5.92 Å². The number of nitrogens with zero attached hydrogens (tertiary/aromatic N) is 3. The molecule has 0 saturated heterocycles. The molecule has 0 radical (unpaired) electrons. The van der Waals surface area contributed by atoms with E-state index in [1.54, 1.807) is 11.3 Å². The Morgan fingerprint density at radius 2 is 2.15 bits per heavy atom. The van der Waals surface area contributed by atoms with Crippen LogP contribution in [-0.2, 0) is 0 Å². The molecule has 5 heteroatoms. The Morgan fingerprint density at radius 3 is 2.75 bits per heavy atom. The van der Waals surface area contributed by atoms with Gasteiger partial charge in [0.05, 0.1) is 5.39 Å². The fourth-order valence-electron chi connectivity index (χ4n) is 2.55. The zero-order valence-electron chi connectivity index (χ0n) is 12.6. The molecule has 0 aliphatic heterocycles. The first-order chi connectivity index (χ1) is 9.58. The highest BCUT2D eigenvalue weighted by Crippen LogP contribution is 2.37. The Kier molecular flexibility index (Phi) is 3.54. The van der Waals surface area contributed by atoms with Crippen LogP contribution in [0.25, 0.3) is 10.2 Å². The smallest absolute Gasteiger partial charge is 0.225 e. The fraction of sp³-hybridized carbons (Fsp3) is 0.600. The molecule has 0 spiro atoms. The number of hydrogen-bond donors (Lipinski definition) is 1. The van der Waals surface area contributed by atoms with Gasteiger partial charge in [-0.3, -0.25) is 0 Å². The van der Waals surface area contributed by atoms with E-state index in [1.807, 2.05) is 7.05 Å². The van der Waals surface area contributed by atoms with E-state index in [-0.39, 0.29) is 0 Å². The van der Waals surface area contributed by atoms with Crippen LogP contribution in [0, 0.1) is 12.8 Å². The zero-order chi connectivity index (χ0) is 14.3. The molecule has 2 heterocycles. The lowest BCUT2D eigenvalue weighted by Crippen LogP contribution is -2.31. The monoisotopic (exact) mass is 290 g/mol. The lowest BCUT2D eigenvalue weighted by atomic mass is 10.2. The molecule has 0 atom stereocenters. The molecule has 0 unspecified atom stereocenters. The quantitative estimate of drug-likeness (QED) is 0.912. The van der Waals surface area contributed by atoms with Gasteiger partial charge in [0.15, 0.2) is 0 Å². The first-order valence-corrected chi connectivity index (χ1v) is 8.12. The van der Waals surface area contributed by atoms with E-state index in [4.69, 9.17) is 4.98 Å². The molecule has 1 fully saturated rings. The van der Waals surface area contributed by atoms with Crippen LogP contribution in [0.5, 0.6) is 0 Å². The van der Waals surface area contributed by atoms with Gasteiger partial charge in [-0.25, -0.2) is 4.98 Å². The van der Waals surface area contributed by atoms with Gasteiger partial charge in [-0.1, -0.05) is 13.8 Å². The van der Waals surface area contributed by atoms with E-state index in [0.29, 0.717) is 12.0 Å². The highest BCUT2D eigenvalue weighted by Gasteiger charge is 2.32. The summed E-state index contributed by atoms with van der Waals surface area (Å²) in [5.74, 6) is 2.47. The van der Waals surface area contributed by atoms with Gasteiger partial charge in [0.1, 0.15) is 10.6 Å². The number of anilines is 2. The number of hydrogen-bond acceptors (Lipinski definition) is 5. The van der Waals surface area contributed by atoms with Crippen molar-refractivity contribution in [1.82, 2.24) is 9.97 Å². The molecule has 20 heavy (non-hydrogen) atoms. The molecule has 0 bridgehead atoms. The van der Waals surface area contributed by atoms with Crippen LogP contribution < -0.4 is 10.2 Å². The van der Waals surface area contributed by atoms with Gasteiger partial charge in [-0.05, 0) is 31.7 Å². The highest BCUT2D eigenvalue weighted by molar-refractivity contribution is 7.18. The van der Waals surface area contributed by atoms with E-state index in [0.717, 1.165) is 23.1 Å². The summed E-state index contributed by atoms with van der Waals surface area (Å²) >= 11 is 1.75. The third-order valence-corrected chi connectivity index (χ3v) is 4.49. The standard InChI is InChI=1S/C15H22N4S/c1-9(2)8-19(11-5-6-11)13-12-7-10(3)20-14(12)18-15(16-4)17-13/h7,9,11H,5-6,8H2,1-4H3,(H,16,17,18). The van der Waals surface area contributed by atoms with Gasteiger partial charge < -0.3 is 10.2 Å².